The summed E-state index contributed by atoms with van der Waals surface area (Å²) < 4.78 is 5.41. The first-order valence-electron chi connectivity index (χ1n) is 8.67. The van der Waals surface area contributed by atoms with E-state index in [1.54, 1.807) is 0 Å². The molecule has 0 radical (unpaired) electrons. The molecule has 1 aliphatic carbocycles. The van der Waals surface area contributed by atoms with E-state index in [0.717, 1.165) is 44.6 Å². The number of benzene rings is 1. The first kappa shape index (κ1) is 16.3. The van der Waals surface area contributed by atoms with E-state index in [-0.39, 0.29) is 6.09 Å². The Morgan fingerprint density at radius 1 is 1.04 bits per heavy atom. The van der Waals surface area contributed by atoms with Crippen molar-refractivity contribution in [3.05, 3.63) is 35.9 Å². The molecule has 0 bridgehead atoms. The van der Waals surface area contributed by atoms with Gasteiger partial charge >= 0.3 is 6.09 Å². The van der Waals surface area contributed by atoms with Crippen molar-refractivity contribution in [2.45, 2.75) is 44.4 Å². The molecule has 1 saturated heterocycles. The second kappa shape index (κ2) is 7.79. The smallest absolute Gasteiger partial charge is 0.410 e. The number of hydrogen-bond donors (Lipinski definition) is 1. The zero-order chi connectivity index (χ0) is 16.1. The number of piperazine rings is 1. The van der Waals surface area contributed by atoms with E-state index in [2.05, 4.69) is 4.90 Å². The zero-order valence-electron chi connectivity index (χ0n) is 13.7. The predicted octanol–water partition coefficient (Wildman–Crippen LogP) is 2.21. The van der Waals surface area contributed by atoms with Crippen LogP contribution < -0.4 is 5.73 Å². The number of hydrogen-bond acceptors (Lipinski definition) is 4. The van der Waals surface area contributed by atoms with Crippen LogP contribution in [0.4, 0.5) is 4.79 Å². The third-order valence-electron chi connectivity index (χ3n) is 5.04. The lowest BCUT2D eigenvalue weighted by Crippen LogP contribution is -2.53. The zero-order valence-corrected chi connectivity index (χ0v) is 13.7. The fraction of sp³-hybridized carbons (Fsp3) is 0.611. The fourth-order valence-corrected chi connectivity index (χ4v) is 3.55. The Kier molecular flexibility index (Phi) is 5.51. The molecule has 2 fully saturated rings. The van der Waals surface area contributed by atoms with E-state index in [0.29, 0.717) is 18.7 Å². The van der Waals surface area contributed by atoms with E-state index in [9.17, 15) is 4.79 Å². The van der Waals surface area contributed by atoms with Crippen LogP contribution in [0, 0.1) is 0 Å². The van der Waals surface area contributed by atoms with Gasteiger partial charge in [0, 0.05) is 38.3 Å². The van der Waals surface area contributed by atoms with Gasteiger partial charge in [0.05, 0.1) is 0 Å². The maximum atomic E-state index is 12.2. The van der Waals surface area contributed by atoms with Crippen molar-refractivity contribution in [1.82, 2.24) is 9.80 Å². The summed E-state index contributed by atoms with van der Waals surface area (Å²) >= 11 is 0. The number of amides is 1. The van der Waals surface area contributed by atoms with Crippen LogP contribution in [-0.2, 0) is 11.3 Å². The van der Waals surface area contributed by atoms with Crippen LogP contribution in [0.25, 0.3) is 0 Å². The van der Waals surface area contributed by atoms with Gasteiger partial charge in [0.1, 0.15) is 6.61 Å². The predicted molar refractivity (Wildman–Crippen MR) is 90.0 cm³/mol. The van der Waals surface area contributed by atoms with Gasteiger partial charge < -0.3 is 15.4 Å². The summed E-state index contributed by atoms with van der Waals surface area (Å²) in [5, 5.41) is 0. The van der Waals surface area contributed by atoms with E-state index in [1.165, 1.54) is 12.8 Å². The van der Waals surface area contributed by atoms with Gasteiger partial charge in [0.15, 0.2) is 0 Å². The Labute approximate surface area is 138 Å². The average molecular weight is 317 g/mol. The number of nitrogens with zero attached hydrogens (tertiary/aromatic N) is 2. The molecule has 1 heterocycles. The Hall–Kier alpha value is -1.59. The van der Waals surface area contributed by atoms with Crippen LogP contribution in [-0.4, -0.2) is 54.2 Å². The van der Waals surface area contributed by atoms with Crippen LogP contribution in [0.1, 0.15) is 31.2 Å². The second-order valence-electron chi connectivity index (χ2n) is 6.63. The SMILES string of the molecule is NC1CCC(N2CCN(C(=O)OCc3ccccc3)CC2)CC1. The van der Waals surface area contributed by atoms with Gasteiger partial charge in [-0.3, -0.25) is 4.90 Å². The minimum atomic E-state index is -0.195. The molecule has 2 aliphatic rings. The average Bonchev–Trinajstić information content (AvgIpc) is 2.61. The monoisotopic (exact) mass is 317 g/mol. The van der Waals surface area contributed by atoms with Crippen molar-refractivity contribution in [3.63, 3.8) is 0 Å². The van der Waals surface area contributed by atoms with Crippen LogP contribution in [0.15, 0.2) is 30.3 Å². The molecule has 126 valence electrons. The Bertz CT molecular complexity index is 492. The van der Waals surface area contributed by atoms with Gasteiger partial charge in [0.2, 0.25) is 0 Å². The highest BCUT2D eigenvalue weighted by molar-refractivity contribution is 5.67. The topological polar surface area (TPSA) is 58.8 Å². The quantitative estimate of drug-likeness (QED) is 0.928. The number of carbonyl (C=O) groups is 1. The summed E-state index contributed by atoms with van der Waals surface area (Å²) in [6.07, 6.45) is 4.45. The van der Waals surface area contributed by atoms with Gasteiger partial charge in [-0.2, -0.15) is 0 Å². The lowest BCUT2D eigenvalue weighted by atomic mass is 9.90. The number of carbonyl (C=O) groups excluding carboxylic acids is 1. The third kappa shape index (κ3) is 4.45. The molecule has 1 amide bonds. The highest BCUT2D eigenvalue weighted by atomic mass is 16.6. The molecule has 1 aromatic rings. The molecule has 1 aliphatic heterocycles. The minimum absolute atomic E-state index is 0.195. The van der Waals surface area contributed by atoms with Gasteiger partial charge in [-0.1, -0.05) is 30.3 Å². The molecule has 1 saturated carbocycles. The molecule has 0 atom stereocenters. The highest BCUT2D eigenvalue weighted by Crippen LogP contribution is 2.23. The lowest BCUT2D eigenvalue weighted by molar-refractivity contribution is 0.0518. The number of rotatable bonds is 3. The van der Waals surface area contributed by atoms with Gasteiger partial charge in [-0.05, 0) is 31.2 Å². The van der Waals surface area contributed by atoms with Crippen LogP contribution in [0.5, 0.6) is 0 Å². The van der Waals surface area contributed by atoms with Gasteiger partial charge in [-0.15, -0.1) is 0 Å². The maximum absolute atomic E-state index is 12.2. The Morgan fingerprint density at radius 2 is 1.70 bits per heavy atom. The van der Waals surface area contributed by atoms with Gasteiger partial charge in [-0.25, -0.2) is 4.79 Å². The molecule has 5 heteroatoms. The maximum Gasteiger partial charge on any atom is 0.410 e. The van der Waals surface area contributed by atoms with Crippen molar-refractivity contribution in [2.75, 3.05) is 26.2 Å². The van der Waals surface area contributed by atoms with Gasteiger partial charge in [0.25, 0.3) is 0 Å². The fourth-order valence-electron chi connectivity index (χ4n) is 3.55. The first-order valence-corrected chi connectivity index (χ1v) is 8.67. The molecule has 0 aromatic heterocycles. The van der Waals surface area contributed by atoms with Crippen LogP contribution >= 0.6 is 0 Å². The molecule has 2 N–H and O–H groups in total. The normalized spacial score (nSPS) is 26.0. The van der Waals surface area contributed by atoms with E-state index < -0.39 is 0 Å². The molecule has 5 nitrogen and oxygen atoms in total. The summed E-state index contributed by atoms with van der Waals surface area (Å²) in [5.41, 5.74) is 7.01. The van der Waals surface area contributed by atoms with Crippen molar-refractivity contribution in [3.8, 4) is 0 Å². The third-order valence-corrected chi connectivity index (χ3v) is 5.04. The van der Waals surface area contributed by atoms with Crippen LogP contribution in [0.2, 0.25) is 0 Å². The summed E-state index contributed by atoms with van der Waals surface area (Å²) in [4.78, 5) is 16.5. The molecule has 3 rings (SSSR count). The minimum Gasteiger partial charge on any atom is -0.445 e. The van der Waals surface area contributed by atoms with E-state index in [4.69, 9.17) is 10.5 Å². The standard InChI is InChI=1S/C18H27N3O2/c19-16-6-8-17(9-7-16)20-10-12-21(13-11-20)18(22)23-14-15-4-2-1-3-5-15/h1-5,16-17H,6-14,19H2. The molecular weight excluding hydrogens is 290 g/mol. The lowest BCUT2D eigenvalue weighted by Gasteiger charge is -2.41. The van der Waals surface area contributed by atoms with Crippen molar-refractivity contribution < 1.29 is 9.53 Å². The molecule has 1 aromatic carbocycles. The number of nitrogens with two attached hydrogens (primary N) is 1. The molecule has 23 heavy (non-hydrogen) atoms. The summed E-state index contributed by atoms with van der Waals surface area (Å²) in [5.74, 6) is 0. The Morgan fingerprint density at radius 3 is 2.35 bits per heavy atom. The molecular formula is C18H27N3O2. The first-order chi connectivity index (χ1) is 11.2. The number of ether oxygens (including phenoxy) is 1. The summed E-state index contributed by atoms with van der Waals surface area (Å²) in [7, 11) is 0. The van der Waals surface area contributed by atoms with Crippen molar-refractivity contribution in [1.29, 1.82) is 0 Å². The van der Waals surface area contributed by atoms with E-state index >= 15 is 0 Å². The summed E-state index contributed by atoms with van der Waals surface area (Å²) in [6, 6.07) is 10.9. The van der Waals surface area contributed by atoms with Crippen LogP contribution in [0.3, 0.4) is 0 Å². The second-order valence-corrected chi connectivity index (χ2v) is 6.63. The molecule has 0 spiro atoms. The molecule has 0 unspecified atom stereocenters. The highest BCUT2D eigenvalue weighted by Gasteiger charge is 2.29. The van der Waals surface area contributed by atoms with Crippen molar-refractivity contribution >= 4 is 6.09 Å². The van der Waals surface area contributed by atoms with Crippen molar-refractivity contribution in [2.24, 2.45) is 5.73 Å². The Balaban J connectivity index is 1.40. The largest absolute Gasteiger partial charge is 0.445 e. The van der Waals surface area contributed by atoms with E-state index in [1.807, 2.05) is 35.2 Å². The summed E-state index contributed by atoms with van der Waals surface area (Å²) in [6.45, 7) is 3.76.